The van der Waals surface area contributed by atoms with Crippen LogP contribution in [-0.4, -0.2) is 36.9 Å². The van der Waals surface area contributed by atoms with Gasteiger partial charge in [0.2, 0.25) is 10.0 Å². The van der Waals surface area contributed by atoms with Crippen molar-refractivity contribution in [2.75, 3.05) is 13.1 Å². The molecule has 1 aliphatic heterocycles. The standard InChI is InChI=1S/C13H13ClN2O4S/c14-12-6-11(2-1-10(12)7-15)21(19,20)16-4-3-9(8-16)5-13(17)18/h1-2,6,9H,3-5,8H2,(H,17,18). The first kappa shape index (κ1) is 15.8. The summed E-state index contributed by atoms with van der Waals surface area (Å²) in [6.45, 7) is 0.476. The van der Waals surface area contributed by atoms with Gasteiger partial charge >= 0.3 is 5.97 Å². The number of hydrogen-bond acceptors (Lipinski definition) is 4. The highest BCUT2D eigenvalue weighted by Gasteiger charge is 2.33. The molecule has 0 radical (unpaired) electrons. The van der Waals surface area contributed by atoms with Crippen LogP contribution in [0, 0.1) is 17.2 Å². The van der Waals surface area contributed by atoms with E-state index in [0.717, 1.165) is 0 Å². The van der Waals surface area contributed by atoms with Gasteiger partial charge in [0.15, 0.2) is 0 Å². The lowest BCUT2D eigenvalue weighted by Crippen LogP contribution is -2.29. The van der Waals surface area contributed by atoms with Crippen LogP contribution in [-0.2, 0) is 14.8 Å². The first-order valence-corrected chi connectivity index (χ1v) is 8.08. The Kier molecular flexibility index (Phi) is 4.52. The van der Waals surface area contributed by atoms with Crippen LogP contribution < -0.4 is 0 Å². The van der Waals surface area contributed by atoms with Crippen molar-refractivity contribution in [3.8, 4) is 6.07 Å². The van der Waals surface area contributed by atoms with Gasteiger partial charge in [0, 0.05) is 19.5 Å². The van der Waals surface area contributed by atoms with Crippen molar-refractivity contribution in [1.82, 2.24) is 4.31 Å². The van der Waals surface area contributed by atoms with Crippen molar-refractivity contribution in [2.45, 2.75) is 17.7 Å². The second-order valence-corrected chi connectivity index (χ2v) is 7.21. The Bertz CT molecular complexity index is 711. The summed E-state index contributed by atoms with van der Waals surface area (Å²) in [7, 11) is -3.71. The Morgan fingerprint density at radius 2 is 2.24 bits per heavy atom. The fourth-order valence-electron chi connectivity index (χ4n) is 2.33. The van der Waals surface area contributed by atoms with Crippen LogP contribution in [0.5, 0.6) is 0 Å². The number of sulfonamides is 1. The van der Waals surface area contributed by atoms with Crippen LogP contribution in [0.3, 0.4) is 0 Å². The monoisotopic (exact) mass is 328 g/mol. The van der Waals surface area contributed by atoms with Crippen LogP contribution in [0.25, 0.3) is 0 Å². The van der Waals surface area contributed by atoms with Crippen molar-refractivity contribution in [3.63, 3.8) is 0 Å². The molecule has 0 amide bonds. The third-order valence-corrected chi connectivity index (χ3v) is 5.58. The van der Waals surface area contributed by atoms with Crippen molar-refractivity contribution < 1.29 is 18.3 Å². The van der Waals surface area contributed by atoms with Crippen LogP contribution in [0.1, 0.15) is 18.4 Å². The van der Waals surface area contributed by atoms with Gasteiger partial charge in [0.05, 0.1) is 15.5 Å². The summed E-state index contributed by atoms with van der Waals surface area (Å²) in [4.78, 5) is 10.7. The van der Waals surface area contributed by atoms with Crippen LogP contribution in [0.2, 0.25) is 5.02 Å². The normalized spacial score (nSPS) is 19.3. The van der Waals surface area contributed by atoms with Gasteiger partial charge in [-0.25, -0.2) is 8.42 Å². The van der Waals surface area contributed by atoms with E-state index in [-0.39, 0.29) is 40.9 Å². The smallest absolute Gasteiger partial charge is 0.303 e. The van der Waals surface area contributed by atoms with E-state index in [1.165, 1.54) is 22.5 Å². The molecule has 0 saturated carbocycles. The Labute approximate surface area is 127 Å². The lowest BCUT2D eigenvalue weighted by Gasteiger charge is -2.16. The van der Waals surface area contributed by atoms with E-state index in [1.54, 1.807) is 0 Å². The molecule has 1 atom stereocenters. The topological polar surface area (TPSA) is 98.5 Å². The Balaban J connectivity index is 2.22. The second kappa shape index (κ2) is 6.02. The highest BCUT2D eigenvalue weighted by molar-refractivity contribution is 7.89. The molecule has 8 heteroatoms. The highest BCUT2D eigenvalue weighted by Crippen LogP contribution is 2.28. The van der Waals surface area contributed by atoms with Crippen LogP contribution in [0.15, 0.2) is 23.1 Å². The Hall–Kier alpha value is -1.62. The maximum Gasteiger partial charge on any atom is 0.303 e. The van der Waals surface area contributed by atoms with Gasteiger partial charge in [0.25, 0.3) is 0 Å². The lowest BCUT2D eigenvalue weighted by atomic mass is 10.1. The molecule has 2 rings (SSSR count). The van der Waals surface area contributed by atoms with Crippen LogP contribution in [0.4, 0.5) is 0 Å². The molecule has 0 aromatic heterocycles. The van der Waals surface area contributed by atoms with Crippen molar-refractivity contribution in [2.24, 2.45) is 5.92 Å². The van der Waals surface area contributed by atoms with E-state index < -0.39 is 16.0 Å². The van der Waals surface area contributed by atoms with E-state index in [9.17, 15) is 13.2 Å². The van der Waals surface area contributed by atoms with Gasteiger partial charge in [0.1, 0.15) is 6.07 Å². The molecule has 1 aromatic carbocycles. The zero-order valence-electron chi connectivity index (χ0n) is 11.0. The third-order valence-electron chi connectivity index (χ3n) is 3.41. The molecule has 6 nitrogen and oxygen atoms in total. The second-order valence-electron chi connectivity index (χ2n) is 4.87. The number of nitrogens with zero attached hydrogens (tertiary/aromatic N) is 2. The Morgan fingerprint density at radius 1 is 1.52 bits per heavy atom. The number of rotatable bonds is 4. The largest absolute Gasteiger partial charge is 0.481 e. The molecule has 112 valence electrons. The minimum atomic E-state index is -3.71. The molecule has 1 fully saturated rings. The maximum atomic E-state index is 12.5. The van der Waals surface area contributed by atoms with E-state index in [4.69, 9.17) is 22.0 Å². The molecule has 1 aromatic rings. The predicted molar refractivity (Wildman–Crippen MR) is 75.3 cm³/mol. The van der Waals surface area contributed by atoms with E-state index in [0.29, 0.717) is 6.42 Å². The fraction of sp³-hybridized carbons (Fsp3) is 0.385. The molecule has 0 aliphatic carbocycles. The highest BCUT2D eigenvalue weighted by atomic mass is 35.5. The number of aliphatic carboxylic acids is 1. The number of nitriles is 1. The number of benzene rings is 1. The van der Waals surface area contributed by atoms with Crippen LogP contribution >= 0.6 is 11.6 Å². The fourth-order valence-corrected chi connectivity index (χ4v) is 4.17. The van der Waals surface area contributed by atoms with Gasteiger partial charge < -0.3 is 5.11 Å². The minimum Gasteiger partial charge on any atom is -0.481 e. The zero-order chi connectivity index (χ0) is 15.6. The summed E-state index contributed by atoms with van der Waals surface area (Å²) in [6.07, 6.45) is 0.482. The molecule has 1 aliphatic rings. The number of halogens is 1. The van der Waals surface area contributed by atoms with Crippen molar-refractivity contribution in [1.29, 1.82) is 5.26 Å². The average molecular weight is 329 g/mol. The third kappa shape index (κ3) is 3.35. The summed E-state index contributed by atoms with van der Waals surface area (Å²) in [5, 5.41) is 17.6. The summed E-state index contributed by atoms with van der Waals surface area (Å²) in [5.41, 5.74) is 0.209. The number of carbonyl (C=O) groups is 1. The number of carboxylic acids is 1. The molecular formula is C13H13ClN2O4S. The number of hydrogen-bond donors (Lipinski definition) is 1. The number of carboxylic acid groups (broad SMARTS) is 1. The van der Waals surface area contributed by atoms with E-state index in [1.807, 2.05) is 6.07 Å². The minimum absolute atomic E-state index is 0.0162. The van der Waals surface area contributed by atoms with Crippen molar-refractivity contribution in [3.05, 3.63) is 28.8 Å². The van der Waals surface area contributed by atoms with Gasteiger partial charge in [-0.2, -0.15) is 9.57 Å². The zero-order valence-corrected chi connectivity index (χ0v) is 12.6. The maximum absolute atomic E-state index is 12.5. The SMILES string of the molecule is N#Cc1ccc(S(=O)(=O)N2CCC(CC(=O)O)C2)cc1Cl. The summed E-state index contributed by atoms with van der Waals surface area (Å²) >= 11 is 5.86. The van der Waals surface area contributed by atoms with Crippen molar-refractivity contribution >= 4 is 27.6 Å². The molecule has 0 spiro atoms. The van der Waals surface area contributed by atoms with Gasteiger partial charge in [-0.05, 0) is 30.5 Å². The van der Waals surface area contributed by atoms with Gasteiger partial charge in [-0.15, -0.1) is 0 Å². The summed E-state index contributed by atoms with van der Waals surface area (Å²) in [5.74, 6) is -1.10. The molecule has 1 N–H and O–H groups in total. The molecule has 1 heterocycles. The molecule has 1 saturated heterocycles. The quantitative estimate of drug-likeness (QED) is 0.907. The van der Waals surface area contributed by atoms with E-state index in [2.05, 4.69) is 0 Å². The van der Waals surface area contributed by atoms with Gasteiger partial charge in [-0.3, -0.25) is 4.79 Å². The summed E-state index contributed by atoms with van der Waals surface area (Å²) in [6, 6.07) is 5.82. The molecular weight excluding hydrogens is 316 g/mol. The predicted octanol–water partition coefficient (Wildman–Crippen LogP) is 1.70. The Morgan fingerprint density at radius 3 is 2.81 bits per heavy atom. The summed E-state index contributed by atoms with van der Waals surface area (Å²) < 4.78 is 26.2. The van der Waals surface area contributed by atoms with Gasteiger partial charge in [-0.1, -0.05) is 11.6 Å². The average Bonchev–Trinajstić information content (AvgIpc) is 2.87. The molecule has 0 bridgehead atoms. The first-order chi connectivity index (χ1) is 9.84. The molecule has 21 heavy (non-hydrogen) atoms. The first-order valence-electron chi connectivity index (χ1n) is 6.26. The van der Waals surface area contributed by atoms with E-state index >= 15 is 0 Å². The molecule has 1 unspecified atom stereocenters. The lowest BCUT2D eigenvalue weighted by molar-refractivity contribution is -0.137.